The zero-order valence-electron chi connectivity index (χ0n) is 9.77. The Kier molecular flexibility index (Phi) is 5.67. The predicted molar refractivity (Wildman–Crippen MR) is 63.0 cm³/mol. The van der Waals surface area contributed by atoms with Gasteiger partial charge in [-0.1, -0.05) is 12.1 Å². The summed E-state index contributed by atoms with van der Waals surface area (Å²) in [5.74, 6) is 1.46. The van der Waals surface area contributed by atoms with E-state index in [1.165, 1.54) is 0 Å². The van der Waals surface area contributed by atoms with Gasteiger partial charge in [0.2, 0.25) is 0 Å². The van der Waals surface area contributed by atoms with Crippen molar-refractivity contribution in [2.75, 3.05) is 27.4 Å². The van der Waals surface area contributed by atoms with Crippen LogP contribution in [0.15, 0.2) is 24.3 Å². The van der Waals surface area contributed by atoms with E-state index in [9.17, 15) is 0 Å². The Hall–Kier alpha value is -1.26. The predicted octanol–water partition coefficient (Wildman–Crippen LogP) is 1.04. The molecular formula is C12H19NO3. The first-order valence-corrected chi connectivity index (χ1v) is 5.35. The molecule has 0 saturated heterocycles. The van der Waals surface area contributed by atoms with Crippen LogP contribution in [0.25, 0.3) is 0 Å². The zero-order chi connectivity index (χ0) is 11.8. The average molecular weight is 225 g/mol. The third-order valence-corrected chi connectivity index (χ3v) is 2.42. The molecule has 1 aromatic carbocycles. The van der Waals surface area contributed by atoms with E-state index >= 15 is 0 Å². The second-order valence-electron chi connectivity index (χ2n) is 3.46. The lowest BCUT2D eigenvalue weighted by molar-refractivity contribution is 0.211. The van der Waals surface area contributed by atoms with E-state index in [4.69, 9.17) is 14.6 Å². The highest BCUT2D eigenvalue weighted by molar-refractivity contribution is 5.39. The van der Waals surface area contributed by atoms with Crippen LogP contribution in [0.1, 0.15) is 6.42 Å². The van der Waals surface area contributed by atoms with E-state index in [0.29, 0.717) is 6.61 Å². The summed E-state index contributed by atoms with van der Waals surface area (Å²) in [7, 11) is 3.44. The van der Waals surface area contributed by atoms with Gasteiger partial charge >= 0.3 is 0 Å². The molecule has 0 aromatic heterocycles. The molecule has 1 unspecified atom stereocenters. The third-order valence-electron chi connectivity index (χ3n) is 2.42. The Morgan fingerprint density at radius 2 is 2.00 bits per heavy atom. The number of nitrogens with one attached hydrogen (secondary N) is 1. The zero-order valence-corrected chi connectivity index (χ0v) is 9.77. The molecule has 0 aliphatic rings. The van der Waals surface area contributed by atoms with Gasteiger partial charge in [0.25, 0.3) is 0 Å². The summed E-state index contributed by atoms with van der Waals surface area (Å²) in [5.41, 5.74) is 0. The molecule has 0 amide bonds. The van der Waals surface area contributed by atoms with Crippen molar-refractivity contribution in [3.8, 4) is 11.5 Å². The number of benzene rings is 1. The van der Waals surface area contributed by atoms with Crippen molar-refractivity contribution >= 4 is 0 Å². The summed E-state index contributed by atoms with van der Waals surface area (Å²) < 4.78 is 10.8. The number of aliphatic hydroxyl groups is 1. The van der Waals surface area contributed by atoms with Crippen LogP contribution in [0.2, 0.25) is 0 Å². The van der Waals surface area contributed by atoms with Gasteiger partial charge in [-0.2, -0.15) is 0 Å². The average Bonchev–Trinajstić information content (AvgIpc) is 2.35. The number of hydrogen-bond donors (Lipinski definition) is 2. The molecule has 0 spiro atoms. The van der Waals surface area contributed by atoms with Crippen LogP contribution >= 0.6 is 0 Å². The highest BCUT2D eigenvalue weighted by Gasteiger charge is 2.06. The molecule has 0 bridgehead atoms. The minimum absolute atomic E-state index is 0.0784. The van der Waals surface area contributed by atoms with Crippen LogP contribution in [0.3, 0.4) is 0 Å². The summed E-state index contributed by atoms with van der Waals surface area (Å²) in [4.78, 5) is 0. The Morgan fingerprint density at radius 1 is 1.31 bits per heavy atom. The van der Waals surface area contributed by atoms with Crippen molar-refractivity contribution in [1.29, 1.82) is 0 Å². The maximum absolute atomic E-state index is 8.98. The molecule has 0 saturated carbocycles. The van der Waals surface area contributed by atoms with Gasteiger partial charge in [0.1, 0.15) is 0 Å². The van der Waals surface area contributed by atoms with Crippen molar-refractivity contribution < 1.29 is 14.6 Å². The van der Waals surface area contributed by atoms with Gasteiger partial charge in [0, 0.05) is 6.04 Å². The molecule has 1 atom stereocenters. The Balaban J connectivity index is 2.42. The van der Waals surface area contributed by atoms with Gasteiger partial charge in [-0.3, -0.25) is 0 Å². The summed E-state index contributed by atoms with van der Waals surface area (Å²) in [6.07, 6.45) is 0.755. The summed E-state index contributed by atoms with van der Waals surface area (Å²) >= 11 is 0. The summed E-state index contributed by atoms with van der Waals surface area (Å²) in [6.45, 7) is 0.665. The Morgan fingerprint density at radius 3 is 2.56 bits per heavy atom. The largest absolute Gasteiger partial charge is 0.493 e. The number of rotatable bonds is 7. The third kappa shape index (κ3) is 3.72. The molecule has 4 nitrogen and oxygen atoms in total. The van der Waals surface area contributed by atoms with Crippen molar-refractivity contribution in [1.82, 2.24) is 5.32 Å². The molecule has 90 valence electrons. The van der Waals surface area contributed by atoms with E-state index in [-0.39, 0.29) is 12.6 Å². The first-order chi connectivity index (χ1) is 7.81. The molecule has 0 radical (unpaired) electrons. The van der Waals surface area contributed by atoms with Crippen LogP contribution in [-0.2, 0) is 0 Å². The number of para-hydroxylation sites is 2. The van der Waals surface area contributed by atoms with Crippen LogP contribution in [0, 0.1) is 0 Å². The van der Waals surface area contributed by atoms with Gasteiger partial charge in [0.05, 0.1) is 20.3 Å². The second kappa shape index (κ2) is 7.09. The van der Waals surface area contributed by atoms with E-state index < -0.39 is 0 Å². The number of aliphatic hydroxyl groups excluding tert-OH is 1. The number of ether oxygens (including phenoxy) is 2. The van der Waals surface area contributed by atoms with Crippen LogP contribution < -0.4 is 14.8 Å². The van der Waals surface area contributed by atoms with Crippen LogP contribution in [0.4, 0.5) is 0 Å². The first kappa shape index (κ1) is 12.8. The number of methoxy groups -OCH3 is 1. The lowest BCUT2D eigenvalue weighted by Gasteiger charge is -2.14. The molecule has 4 heteroatoms. The standard InChI is InChI=1S/C12H19NO3/c1-13-10(9-14)7-8-16-12-6-4-3-5-11(12)15-2/h3-6,10,13-14H,7-9H2,1-2H3. The minimum atomic E-state index is 0.0784. The van der Waals surface area contributed by atoms with Crippen LogP contribution in [0.5, 0.6) is 11.5 Å². The highest BCUT2D eigenvalue weighted by Crippen LogP contribution is 2.25. The fraction of sp³-hybridized carbons (Fsp3) is 0.500. The lowest BCUT2D eigenvalue weighted by Crippen LogP contribution is -2.30. The maximum Gasteiger partial charge on any atom is 0.161 e. The maximum atomic E-state index is 8.98. The topological polar surface area (TPSA) is 50.7 Å². The van der Waals surface area contributed by atoms with Crippen LogP contribution in [-0.4, -0.2) is 38.5 Å². The highest BCUT2D eigenvalue weighted by atomic mass is 16.5. The number of hydrogen-bond acceptors (Lipinski definition) is 4. The molecule has 1 rings (SSSR count). The van der Waals surface area contributed by atoms with Gasteiger partial charge in [-0.25, -0.2) is 0 Å². The summed E-state index contributed by atoms with van der Waals surface area (Å²) in [6, 6.07) is 7.60. The Labute approximate surface area is 96.2 Å². The lowest BCUT2D eigenvalue weighted by atomic mass is 10.2. The fourth-order valence-electron chi connectivity index (χ4n) is 1.38. The van der Waals surface area contributed by atoms with Gasteiger partial charge < -0.3 is 19.9 Å². The van der Waals surface area contributed by atoms with E-state index in [0.717, 1.165) is 17.9 Å². The van der Waals surface area contributed by atoms with Crippen molar-refractivity contribution in [3.63, 3.8) is 0 Å². The van der Waals surface area contributed by atoms with Crippen molar-refractivity contribution in [2.45, 2.75) is 12.5 Å². The normalized spacial score (nSPS) is 12.2. The smallest absolute Gasteiger partial charge is 0.161 e. The van der Waals surface area contributed by atoms with Gasteiger partial charge in [-0.15, -0.1) is 0 Å². The van der Waals surface area contributed by atoms with Gasteiger partial charge in [0.15, 0.2) is 11.5 Å². The Bertz CT molecular complexity index is 300. The molecule has 16 heavy (non-hydrogen) atoms. The summed E-state index contributed by atoms with van der Waals surface area (Å²) in [5, 5.41) is 12.0. The molecule has 0 fully saturated rings. The van der Waals surface area contributed by atoms with Crippen molar-refractivity contribution in [3.05, 3.63) is 24.3 Å². The second-order valence-corrected chi connectivity index (χ2v) is 3.46. The quantitative estimate of drug-likeness (QED) is 0.728. The van der Waals surface area contributed by atoms with E-state index in [1.807, 2.05) is 31.3 Å². The van der Waals surface area contributed by atoms with Gasteiger partial charge in [-0.05, 0) is 25.6 Å². The molecule has 0 heterocycles. The molecule has 0 aliphatic carbocycles. The van der Waals surface area contributed by atoms with E-state index in [2.05, 4.69) is 5.32 Å². The SMILES string of the molecule is CNC(CO)CCOc1ccccc1OC. The monoisotopic (exact) mass is 225 g/mol. The first-order valence-electron chi connectivity index (χ1n) is 5.35. The molecular weight excluding hydrogens is 206 g/mol. The van der Waals surface area contributed by atoms with Crippen molar-refractivity contribution in [2.24, 2.45) is 0 Å². The van der Waals surface area contributed by atoms with E-state index in [1.54, 1.807) is 7.11 Å². The minimum Gasteiger partial charge on any atom is -0.493 e. The fourth-order valence-corrected chi connectivity index (χ4v) is 1.38. The molecule has 1 aromatic rings. The number of likely N-dealkylation sites (N-methyl/N-ethyl adjacent to an activating group) is 1. The molecule has 0 aliphatic heterocycles. The molecule has 2 N–H and O–H groups in total.